The van der Waals surface area contributed by atoms with Gasteiger partial charge in [-0.15, -0.1) is 0 Å². The van der Waals surface area contributed by atoms with E-state index in [2.05, 4.69) is 10.1 Å². The minimum Gasteiger partial charge on any atom is -0.330 e. The number of nitrogens with zero attached hydrogens (tertiary/aromatic N) is 3. The standard InChI is InChI=1S/C14H14F2N4S/c1-3-10-8(6-19(2)18-10)7-20-13-11(17-14(20)21)5-4-9(15)12(13)16/h4-6H,3,7H2,1-2H3,(H,17,21). The van der Waals surface area contributed by atoms with Gasteiger partial charge in [-0.05, 0) is 30.8 Å². The summed E-state index contributed by atoms with van der Waals surface area (Å²) >= 11 is 5.23. The molecular weight excluding hydrogens is 294 g/mol. The average molecular weight is 308 g/mol. The topological polar surface area (TPSA) is 38.5 Å². The van der Waals surface area contributed by atoms with E-state index in [0.717, 1.165) is 23.7 Å². The highest BCUT2D eigenvalue weighted by atomic mass is 32.1. The second-order valence-corrected chi connectivity index (χ2v) is 5.29. The quantitative estimate of drug-likeness (QED) is 0.754. The van der Waals surface area contributed by atoms with Crippen molar-refractivity contribution in [2.45, 2.75) is 19.9 Å². The normalized spacial score (nSPS) is 11.4. The van der Waals surface area contributed by atoms with E-state index in [4.69, 9.17) is 12.2 Å². The summed E-state index contributed by atoms with van der Waals surface area (Å²) in [4.78, 5) is 2.90. The smallest absolute Gasteiger partial charge is 0.184 e. The van der Waals surface area contributed by atoms with Gasteiger partial charge in [-0.1, -0.05) is 6.92 Å². The predicted molar refractivity (Wildman–Crippen MR) is 78.7 cm³/mol. The zero-order valence-electron chi connectivity index (χ0n) is 11.7. The predicted octanol–water partition coefficient (Wildman–Crippen LogP) is 3.32. The summed E-state index contributed by atoms with van der Waals surface area (Å²) in [6.45, 7) is 2.36. The first-order valence-electron chi connectivity index (χ1n) is 6.59. The number of aryl methyl sites for hydroxylation is 2. The fourth-order valence-electron chi connectivity index (χ4n) is 2.52. The van der Waals surface area contributed by atoms with Crippen LogP contribution in [0.4, 0.5) is 8.78 Å². The molecule has 0 spiro atoms. The fraction of sp³-hybridized carbons (Fsp3) is 0.286. The maximum absolute atomic E-state index is 14.1. The van der Waals surface area contributed by atoms with E-state index in [0.29, 0.717) is 16.8 Å². The van der Waals surface area contributed by atoms with Crippen molar-refractivity contribution in [3.8, 4) is 0 Å². The molecule has 0 aliphatic rings. The van der Waals surface area contributed by atoms with E-state index < -0.39 is 11.6 Å². The number of nitrogens with one attached hydrogen (secondary N) is 1. The molecule has 0 saturated carbocycles. The van der Waals surface area contributed by atoms with Crippen LogP contribution in [-0.4, -0.2) is 19.3 Å². The second-order valence-electron chi connectivity index (χ2n) is 4.90. The molecule has 2 aromatic heterocycles. The average Bonchev–Trinajstić information content (AvgIpc) is 2.96. The Bertz CT molecular complexity index is 875. The van der Waals surface area contributed by atoms with Crippen LogP contribution in [0.5, 0.6) is 0 Å². The Labute approximate surface area is 125 Å². The van der Waals surface area contributed by atoms with Gasteiger partial charge in [0.25, 0.3) is 0 Å². The molecule has 0 aliphatic carbocycles. The molecule has 0 bridgehead atoms. The summed E-state index contributed by atoms with van der Waals surface area (Å²) in [5.41, 5.74) is 2.51. The second kappa shape index (κ2) is 5.07. The van der Waals surface area contributed by atoms with Gasteiger partial charge in [-0.3, -0.25) is 4.68 Å². The van der Waals surface area contributed by atoms with Crippen LogP contribution >= 0.6 is 12.2 Å². The number of hydrogen-bond acceptors (Lipinski definition) is 2. The van der Waals surface area contributed by atoms with Crippen molar-refractivity contribution in [1.82, 2.24) is 19.3 Å². The van der Waals surface area contributed by atoms with Crippen molar-refractivity contribution in [2.24, 2.45) is 7.05 Å². The molecule has 0 amide bonds. The van der Waals surface area contributed by atoms with Crippen LogP contribution in [-0.2, 0) is 20.0 Å². The van der Waals surface area contributed by atoms with Gasteiger partial charge < -0.3 is 9.55 Å². The van der Waals surface area contributed by atoms with Crippen LogP contribution in [0, 0.1) is 16.4 Å². The summed E-state index contributed by atoms with van der Waals surface area (Å²) in [5, 5.41) is 4.35. The molecule has 0 saturated heterocycles. The van der Waals surface area contributed by atoms with E-state index in [1.54, 1.807) is 9.25 Å². The molecule has 3 aromatic rings. The summed E-state index contributed by atoms with van der Waals surface area (Å²) in [5.74, 6) is -1.77. The van der Waals surface area contributed by atoms with Gasteiger partial charge in [0.05, 0.1) is 17.8 Å². The lowest BCUT2D eigenvalue weighted by Gasteiger charge is -2.05. The zero-order chi connectivity index (χ0) is 15.1. The first-order valence-corrected chi connectivity index (χ1v) is 7.00. The Morgan fingerprint density at radius 3 is 2.81 bits per heavy atom. The third-order valence-electron chi connectivity index (χ3n) is 3.48. The molecule has 7 heteroatoms. The Morgan fingerprint density at radius 2 is 2.10 bits per heavy atom. The van der Waals surface area contributed by atoms with Crippen molar-refractivity contribution >= 4 is 23.3 Å². The van der Waals surface area contributed by atoms with Crippen LogP contribution in [0.3, 0.4) is 0 Å². The van der Waals surface area contributed by atoms with Gasteiger partial charge in [0.2, 0.25) is 0 Å². The number of hydrogen-bond donors (Lipinski definition) is 1. The molecule has 0 aliphatic heterocycles. The van der Waals surface area contributed by atoms with E-state index in [1.807, 2.05) is 20.2 Å². The van der Waals surface area contributed by atoms with Crippen LogP contribution < -0.4 is 0 Å². The van der Waals surface area contributed by atoms with Crippen molar-refractivity contribution < 1.29 is 8.78 Å². The minimum atomic E-state index is -0.887. The Hall–Kier alpha value is -2.02. The molecule has 4 nitrogen and oxygen atoms in total. The van der Waals surface area contributed by atoms with Gasteiger partial charge in [0.15, 0.2) is 16.4 Å². The minimum absolute atomic E-state index is 0.158. The summed E-state index contributed by atoms with van der Waals surface area (Å²) in [6, 6.07) is 2.58. The van der Waals surface area contributed by atoms with Crippen LogP contribution in [0.25, 0.3) is 11.0 Å². The van der Waals surface area contributed by atoms with Gasteiger partial charge in [0.1, 0.15) is 5.52 Å². The largest absolute Gasteiger partial charge is 0.330 e. The Morgan fingerprint density at radius 1 is 1.33 bits per heavy atom. The Balaban J connectivity index is 2.18. The molecule has 1 N–H and O–H groups in total. The maximum Gasteiger partial charge on any atom is 0.184 e. The number of aromatic nitrogens is 4. The summed E-state index contributed by atoms with van der Waals surface area (Å²) < 4.78 is 31.2. The van der Waals surface area contributed by atoms with Crippen molar-refractivity contribution in [2.75, 3.05) is 0 Å². The number of H-pyrrole nitrogens is 1. The van der Waals surface area contributed by atoms with Gasteiger partial charge >= 0.3 is 0 Å². The third-order valence-corrected chi connectivity index (χ3v) is 3.80. The number of rotatable bonds is 3. The molecule has 110 valence electrons. The molecular formula is C14H14F2N4S. The monoisotopic (exact) mass is 308 g/mol. The molecule has 3 rings (SSSR count). The highest BCUT2D eigenvalue weighted by molar-refractivity contribution is 7.71. The van der Waals surface area contributed by atoms with E-state index in [-0.39, 0.29) is 5.52 Å². The molecule has 0 fully saturated rings. The first-order chi connectivity index (χ1) is 10.0. The summed E-state index contributed by atoms with van der Waals surface area (Å²) in [7, 11) is 1.83. The number of benzene rings is 1. The van der Waals surface area contributed by atoms with Crippen molar-refractivity contribution in [3.63, 3.8) is 0 Å². The molecule has 0 atom stereocenters. The number of aromatic amines is 1. The molecule has 21 heavy (non-hydrogen) atoms. The molecule has 1 aromatic carbocycles. The first kappa shape index (κ1) is 13.9. The van der Waals surface area contributed by atoms with Crippen LogP contribution in [0.1, 0.15) is 18.2 Å². The third kappa shape index (κ3) is 2.27. The van der Waals surface area contributed by atoms with Crippen LogP contribution in [0.15, 0.2) is 18.3 Å². The summed E-state index contributed by atoms with van der Waals surface area (Å²) in [6.07, 6.45) is 2.64. The highest BCUT2D eigenvalue weighted by Crippen LogP contribution is 2.22. The lowest BCUT2D eigenvalue weighted by atomic mass is 10.2. The molecule has 2 heterocycles. The number of imidazole rings is 1. The highest BCUT2D eigenvalue weighted by Gasteiger charge is 2.15. The van der Waals surface area contributed by atoms with Crippen molar-refractivity contribution in [1.29, 1.82) is 0 Å². The lowest BCUT2D eigenvalue weighted by molar-refractivity contribution is 0.512. The van der Waals surface area contributed by atoms with Crippen LogP contribution in [0.2, 0.25) is 0 Å². The fourth-order valence-corrected chi connectivity index (χ4v) is 2.79. The van der Waals surface area contributed by atoms with Crippen molar-refractivity contribution in [3.05, 3.63) is 46.0 Å². The maximum atomic E-state index is 14.1. The zero-order valence-corrected chi connectivity index (χ0v) is 12.5. The van der Waals surface area contributed by atoms with Gasteiger partial charge in [-0.2, -0.15) is 5.10 Å². The Kier molecular flexibility index (Phi) is 3.36. The molecule has 0 radical (unpaired) electrons. The SMILES string of the molecule is CCc1nn(C)cc1Cn1c(=S)[nH]c2ccc(F)c(F)c21. The van der Waals surface area contributed by atoms with Gasteiger partial charge in [0, 0.05) is 18.8 Å². The number of fused-ring (bicyclic) bond motifs is 1. The van der Waals surface area contributed by atoms with Gasteiger partial charge in [-0.25, -0.2) is 8.78 Å². The molecule has 0 unspecified atom stereocenters. The van der Waals surface area contributed by atoms with E-state index in [1.165, 1.54) is 6.07 Å². The van der Waals surface area contributed by atoms with E-state index in [9.17, 15) is 8.78 Å². The van der Waals surface area contributed by atoms with E-state index >= 15 is 0 Å². The number of halogens is 2. The lowest BCUT2D eigenvalue weighted by Crippen LogP contribution is -2.03.